The molecule has 0 saturated carbocycles. The van der Waals surface area contributed by atoms with Crippen LogP contribution >= 0.6 is 23.2 Å². The van der Waals surface area contributed by atoms with E-state index in [0.717, 1.165) is 18.2 Å². The minimum Gasteiger partial charge on any atom is -0.497 e. The fraction of sp³-hybridized carbons (Fsp3) is 0.143. The molecule has 0 aliphatic rings. The Morgan fingerprint density at radius 1 is 0.905 bits per heavy atom. The van der Waals surface area contributed by atoms with Crippen molar-refractivity contribution in [2.45, 2.75) is 6.18 Å². The van der Waals surface area contributed by atoms with Crippen molar-refractivity contribution in [3.8, 4) is 17.2 Å². The maximum absolute atomic E-state index is 12.6. The van der Waals surface area contributed by atoms with Gasteiger partial charge < -0.3 is 9.47 Å². The van der Waals surface area contributed by atoms with E-state index in [0.29, 0.717) is 5.75 Å². The summed E-state index contributed by atoms with van der Waals surface area (Å²) < 4.78 is 48.1. The summed E-state index contributed by atoms with van der Waals surface area (Å²) in [6.45, 7) is 0. The van der Waals surface area contributed by atoms with Crippen LogP contribution < -0.4 is 9.47 Å². The second kappa shape index (κ2) is 6.03. The van der Waals surface area contributed by atoms with Crippen LogP contribution in [0.5, 0.6) is 17.2 Å². The van der Waals surface area contributed by atoms with E-state index in [1.165, 1.54) is 13.2 Å². The van der Waals surface area contributed by atoms with E-state index in [1.54, 1.807) is 12.1 Å². The van der Waals surface area contributed by atoms with Gasteiger partial charge in [-0.2, -0.15) is 13.2 Å². The lowest BCUT2D eigenvalue weighted by Crippen LogP contribution is -2.04. The number of rotatable bonds is 3. The lowest BCUT2D eigenvalue weighted by atomic mass is 10.2. The maximum atomic E-state index is 12.6. The van der Waals surface area contributed by atoms with Crippen molar-refractivity contribution in [2.75, 3.05) is 7.11 Å². The lowest BCUT2D eigenvalue weighted by Gasteiger charge is -2.12. The Bertz CT molecular complexity index is 657. The molecule has 0 heterocycles. The molecule has 0 amide bonds. The smallest absolute Gasteiger partial charge is 0.416 e. The van der Waals surface area contributed by atoms with Gasteiger partial charge in [-0.25, -0.2) is 0 Å². The molecule has 0 spiro atoms. The van der Waals surface area contributed by atoms with Gasteiger partial charge in [0.05, 0.1) is 22.7 Å². The Hall–Kier alpha value is -1.59. The fourth-order valence-corrected chi connectivity index (χ4v) is 1.94. The van der Waals surface area contributed by atoms with Crippen molar-refractivity contribution in [3.05, 3.63) is 52.0 Å². The number of alkyl halides is 3. The molecule has 2 aromatic rings. The molecule has 0 fully saturated rings. The van der Waals surface area contributed by atoms with Crippen molar-refractivity contribution >= 4 is 23.2 Å². The van der Waals surface area contributed by atoms with Crippen molar-refractivity contribution < 1.29 is 22.6 Å². The molecule has 0 bridgehead atoms. The molecule has 112 valence electrons. The Kier molecular flexibility index (Phi) is 4.54. The minimum absolute atomic E-state index is 0.0693. The van der Waals surface area contributed by atoms with Gasteiger partial charge in [-0.05, 0) is 30.3 Å². The molecule has 0 aliphatic heterocycles. The highest BCUT2D eigenvalue weighted by molar-refractivity contribution is 6.33. The van der Waals surface area contributed by atoms with Gasteiger partial charge in [-0.1, -0.05) is 23.2 Å². The standard InChI is InChI=1S/C14H9Cl2F3O2/c1-20-9-3-4-10(15)13(7-9)21-12-5-2-8(6-11(12)16)14(17,18)19/h2-7H,1H3. The number of methoxy groups -OCH3 is 1. The molecular formula is C14H9Cl2F3O2. The first-order valence-corrected chi connectivity index (χ1v) is 6.45. The first-order chi connectivity index (χ1) is 9.81. The van der Waals surface area contributed by atoms with Gasteiger partial charge in [0.2, 0.25) is 0 Å². The molecule has 2 aromatic carbocycles. The number of hydrogen-bond donors (Lipinski definition) is 0. The first kappa shape index (κ1) is 15.8. The Morgan fingerprint density at radius 3 is 2.19 bits per heavy atom. The molecule has 0 saturated heterocycles. The van der Waals surface area contributed by atoms with Gasteiger partial charge in [-0.15, -0.1) is 0 Å². The number of hydrogen-bond acceptors (Lipinski definition) is 2. The molecular weight excluding hydrogens is 328 g/mol. The van der Waals surface area contributed by atoms with Crippen LogP contribution in [0, 0.1) is 0 Å². The summed E-state index contributed by atoms with van der Waals surface area (Å²) in [6.07, 6.45) is -4.46. The van der Waals surface area contributed by atoms with E-state index < -0.39 is 11.7 Å². The SMILES string of the molecule is COc1ccc(Cl)c(Oc2ccc(C(F)(F)F)cc2Cl)c1. The molecule has 7 heteroatoms. The highest BCUT2D eigenvalue weighted by Crippen LogP contribution is 2.38. The lowest BCUT2D eigenvalue weighted by molar-refractivity contribution is -0.137. The van der Waals surface area contributed by atoms with Gasteiger partial charge in [-0.3, -0.25) is 0 Å². The fourth-order valence-electron chi connectivity index (χ4n) is 1.57. The van der Waals surface area contributed by atoms with Gasteiger partial charge in [0.1, 0.15) is 17.2 Å². The highest BCUT2D eigenvalue weighted by Gasteiger charge is 2.31. The summed E-state index contributed by atoms with van der Waals surface area (Å²) >= 11 is 11.8. The molecule has 0 aromatic heterocycles. The molecule has 0 N–H and O–H groups in total. The zero-order valence-electron chi connectivity index (χ0n) is 10.7. The second-order valence-electron chi connectivity index (χ2n) is 4.04. The minimum atomic E-state index is -4.46. The van der Waals surface area contributed by atoms with E-state index in [9.17, 15) is 13.2 Å². The van der Waals surface area contributed by atoms with E-state index in [2.05, 4.69) is 0 Å². The maximum Gasteiger partial charge on any atom is 0.416 e. The summed E-state index contributed by atoms with van der Waals surface area (Å²) in [6, 6.07) is 7.51. The monoisotopic (exact) mass is 336 g/mol. The predicted octanol–water partition coefficient (Wildman–Crippen LogP) is 5.81. The second-order valence-corrected chi connectivity index (χ2v) is 4.86. The average Bonchev–Trinajstić information content (AvgIpc) is 2.42. The molecule has 2 rings (SSSR count). The van der Waals surface area contributed by atoms with Gasteiger partial charge in [0, 0.05) is 6.07 Å². The third-order valence-electron chi connectivity index (χ3n) is 2.62. The number of ether oxygens (including phenoxy) is 2. The van der Waals surface area contributed by atoms with Crippen LogP contribution in [0.25, 0.3) is 0 Å². The number of benzene rings is 2. The summed E-state index contributed by atoms with van der Waals surface area (Å²) in [5.41, 5.74) is -0.850. The van der Waals surface area contributed by atoms with Crippen LogP contribution in [0.1, 0.15) is 5.56 Å². The van der Waals surface area contributed by atoms with Gasteiger partial charge >= 0.3 is 6.18 Å². The number of halogens is 5. The Balaban J connectivity index is 2.32. The predicted molar refractivity (Wildman–Crippen MR) is 74.5 cm³/mol. The zero-order chi connectivity index (χ0) is 15.6. The average molecular weight is 337 g/mol. The molecule has 21 heavy (non-hydrogen) atoms. The van der Waals surface area contributed by atoms with Crippen molar-refractivity contribution in [3.63, 3.8) is 0 Å². The van der Waals surface area contributed by atoms with Crippen molar-refractivity contribution in [1.29, 1.82) is 0 Å². The molecule has 0 aliphatic carbocycles. The highest BCUT2D eigenvalue weighted by atomic mass is 35.5. The van der Waals surface area contributed by atoms with Crippen LogP contribution in [0.3, 0.4) is 0 Å². The zero-order valence-corrected chi connectivity index (χ0v) is 12.2. The van der Waals surface area contributed by atoms with E-state index in [1.807, 2.05) is 0 Å². The normalized spacial score (nSPS) is 11.3. The third-order valence-corrected chi connectivity index (χ3v) is 3.23. The van der Waals surface area contributed by atoms with Crippen LogP contribution in [-0.4, -0.2) is 7.11 Å². The Labute approximate surface area is 129 Å². The topological polar surface area (TPSA) is 18.5 Å². The van der Waals surface area contributed by atoms with E-state index in [4.69, 9.17) is 32.7 Å². The van der Waals surface area contributed by atoms with Crippen molar-refractivity contribution in [1.82, 2.24) is 0 Å². The Morgan fingerprint density at radius 2 is 1.62 bits per heavy atom. The molecule has 0 radical (unpaired) electrons. The first-order valence-electron chi connectivity index (χ1n) is 5.69. The summed E-state index contributed by atoms with van der Waals surface area (Å²) in [5.74, 6) is 0.801. The van der Waals surface area contributed by atoms with Crippen LogP contribution in [0.2, 0.25) is 10.0 Å². The van der Waals surface area contributed by atoms with E-state index in [-0.39, 0.29) is 21.5 Å². The van der Waals surface area contributed by atoms with E-state index >= 15 is 0 Å². The van der Waals surface area contributed by atoms with Crippen LogP contribution in [0.4, 0.5) is 13.2 Å². The third kappa shape index (κ3) is 3.74. The van der Waals surface area contributed by atoms with Crippen molar-refractivity contribution in [2.24, 2.45) is 0 Å². The van der Waals surface area contributed by atoms with Gasteiger partial charge in [0.15, 0.2) is 0 Å². The van der Waals surface area contributed by atoms with Crippen LogP contribution in [-0.2, 0) is 6.18 Å². The summed E-state index contributed by atoms with van der Waals surface area (Å²) in [7, 11) is 1.47. The van der Waals surface area contributed by atoms with Gasteiger partial charge in [0.25, 0.3) is 0 Å². The quantitative estimate of drug-likeness (QED) is 0.703. The molecule has 2 nitrogen and oxygen atoms in total. The summed E-state index contributed by atoms with van der Waals surface area (Å²) in [5, 5.41) is 0.121. The molecule has 0 unspecified atom stereocenters. The summed E-state index contributed by atoms with van der Waals surface area (Å²) in [4.78, 5) is 0. The molecule has 0 atom stereocenters. The largest absolute Gasteiger partial charge is 0.497 e. The van der Waals surface area contributed by atoms with Crippen LogP contribution in [0.15, 0.2) is 36.4 Å².